The first-order valence-electron chi connectivity index (χ1n) is 8.33. The molecular formula is C21H16IN3O2. The summed E-state index contributed by atoms with van der Waals surface area (Å²) in [5.74, 6) is 0.415. The van der Waals surface area contributed by atoms with Crippen molar-refractivity contribution in [3.8, 4) is 17.0 Å². The molecule has 0 saturated carbocycles. The van der Waals surface area contributed by atoms with Gasteiger partial charge in [0.25, 0.3) is 5.91 Å². The molecule has 0 unspecified atom stereocenters. The Balaban J connectivity index is 1.68. The lowest BCUT2D eigenvalue weighted by Crippen LogP contribution is -2.12. The van der Waals surface area contributed by atoms with Gasteiger partial charge in [0.15, 0.2) is 0 Å². The molecule has 1 amide bonds. The smallest absolute Gasteiger partial charge is 0.255 e. The summed E-state index contributed by atoms with van der Waals surface area (Å²) < 4.78 is 8.45. The number of ether oxygens (including phenoxy) is 1. The predicted octanol–water partition coefficient (Wildman–Crippen LogP) is 4.87. The summed E-state index contributed by atoms with van der Waals surface area (Å²) in [5, 5.41) is 2.94. The summed E-state index contributed by atoms with van der Waals surface area (Å²) in [6, 6.07) is 18.9. The van der Waals surface area contributed by atoms with Crippen molar-refractivity contribution in [3.63, 3.8) is 0 Å². The van der Waals surface area contributed by atoms with Crippen molar-refractivity contribution in [1.82, 2.24) is 9.38 Å². The molecule has 2 aromatic heterocycles. The third-order valence-electron chi connectivity index (χ3n) is 4.21. The molecule has 1 N–H and O–H groups in total. The topological polar surface area (TPSA) is 55.6 Å². The average molecular weight is 469 g/mol. The minimum absolute atomic E-state index is 0.183. The Morgan fingerprint density at radius 1 is 1.11 bits per heavy atom. The fraction of sp³-hybridized carbons (Fsp3) is 0.0476. The zero-order valence-corrected chi connectivity index (χ0v) is 16.7. The largest absolute Gasteiger partial charge is 0.495 e. The van der Waals surface area contributed by atoms with Gasteiger partial charge in [-0.2, -0.15) is 0 Å². The number of hydrogen-bond acceptors (Lipinski definition) is 3. The number of carbonyl (C=O) groups is 1. The highest BCUT2D eigenvalue weighted by atomic mass is 127. The first kappa shape index (κ1) is 17.5. The molecule has 2 aromatic carbocycles. The van der Waals surface area contributed by atoms with E-state index in [4.69, 9.17) is 4.74 Å². The number of benzene rings is 2. The zero-order valence-electron chi connectivity index (χ0n) is 14.5. The van der Waals surface area contributed by atoms with Crippen molar-refractivity contribution in [1.29, 1.82) is 0 Å². The van der Waals surface area contributed by atoms with Crippen LogP contribution in [0.4, 0.5) is 5.69 Å². The van der Waals surface area contributed by atoms with E-state index in [2.05, 4.69) is 32.9 Å². The van der Waals surface area contributed by atoms with E-state index in [0.717, 1.165) is 20.5 Å². The molecule has 4 rings (SSSR count). The van der Waals surface area contributed by atoms with E-state index in [0.29, 0.717) is 17.0 Å². The molecule has 4 aromatic rings. The van der Waals surface area contributed by atoms with Gasteiger partial charge in [0.2, 0.25) is 0 Å². The molecule has 5 nitrogen and oxygen atoms in total. The normalized spacial score (nSPS) is 10.7. The Morgan fingerprint density at radius 3 is 2.67 bits per heavy atom. The predicted molar refractivity (Wildman–Crippen MR) is 114 cm³/mol. The maximum Gasteiger partial charge on any atom is 0.255 e. The van der Waals surface area contributed by atoms with Gasteiger partial charge in [-0.05, 0) is 77.2 Å². The van der Waals surface area contributed by atoms with E-state index in [1.165, 1.54) is 0 Å². The van der Waals surface area contributed by atoms with Crippen LogP contribution in [0.2, 0.25) is 0 Å². The molecule has 134 valence electrons. The number of methoxy groups -OCH3 is 1. The third kappa shape index (κ3) is 3.66. The highest BCUT2D eigenvalue weighted by Crippen LogP contribution is 2.31. The van der Waals surface area contributed by atoms with Crippen LogP contribution in [0.5, 0.6) is 5.75 Å². The van der Waals surface area contributed by atoms with Crippen LogP contribution >= 0.6 is 22.6 Å². The van der Waals surface area contributed by atoms with Crippen LogP contribution in [0.3, 0.4) is 0 Å². The van der Waals surface area contributed by atoms with Crippen molar-refractivity contribution >= 4 is 39.8 Å². The standard InChI is InChI=1S/C21H16IN3O2/c1-27-19-10-7-15(18-13-25-11-3-2-4-20(25)23-18)12-17(19)24-21(26)14-5-8-16(22)9-6-14/h2-13H,1H3,(H,24,26). The summed E-state index contributed by atoms with van der Waals surface area (Å²) >= 11 is 2.21. The maximum absolute atomic E-state index is 12.6. The van der Waals surface area contributed by atoms with Crippen LogP contribution in [0.15, 0.2) is 73.1 Å². The molecule has 0 saturated heterocycles. The van der Waals surface area contributed by atoms with Gasteiger partial charge in [0.1, 0.15) is 11.4 Å². The summed E-state index contributed by atoms with van der Waals surface area (Å²) in [5.41, 5.74) is 3.80. The number of amides is 1. The van der Waals surface area contributed by atoms with Crippen LogP contribution in [0.1, 0.15) is 10.4 Å². The number of pyridine rings is 1. The monoisotopic (exact) mass is 469 g/mol. The van der Waals surface area contributed by atoms with Crippen molar-refractivity contribution < 1.29 is 9.53 Å². The number of hydrogen-bond donors (Lipinski definition) is 1. The number of aromatic nitrogens is 2. The molecule has 0 aliphatic heterocycles. The van der Waals surface area contributed by atoms with Crippen molar-refractivity contribution in [2.24, 2.45) is 0 Å². The van der Waals surface area contributed by atoms with E-state index in [-0.39, 0.29) is 5.91 Å². The van der Waals surface area contributed by atoms with Gasteiger partial charge in [0, 0.05) is 27.1 Å². The summed E-state index contributed by atoms with van der Waals surface area (Å²) in [6.07, 6.45) is 3.91. The molecule has 0 radical (unpaired) electrons. The number of imidazole rings is 1. The fourth-order valence-corrected chi connectivity index (χ4v) is 3.19. The molecule has 6 heteroatoms. The highest BCUT2D eigenvalue weighted by Gasteiger charge is 2.13. The number of nitrogens with zero attached hydrogens (tertiary/aromatic N) is 2. The van der Waals surface area contributed by atoms with Gasteiger partial charge in [-0.25, -0.2) is 4.98 Å². The van der Waals surface area contributed by atoms with E-state index >= 15 is 0 Å². The van der Waals surface area contributed by atoms with Gasteiger partial charge < -0.3 is 14.5 Å². The number of nitrogens with one attached hydrogen (secondary N) is 1. The zero-order chi connectivity index (χ0) is 18.8. The number of anilines is 1. The molecule has 0 aliphatic rings. The van der Waals surface area contributed by atoms with E-state index in [1.54, 1.807) is 19.2 Å². The molecule has 0 fully saturated rings. The van der Waals surface area contributed by atoms with Gasteiger partial charge in [-0.3, -0.25) is 4.79 Å². The van der Waals surface area contributed by atoms with Gasteiger partial charge >= 0.3 is 0 Å². The fourth-order valence-electron chi connectivity index (χ4n) is 2.83. The Bertz CT molecular complexity index is 1090. The Hall–Kier alpha value is -2.87. The van der Waals surface area contributed by atoms with Crippen molar-refractivity contribution in [2.75, 3.05) is 12.4 Å². The van der Waals surface area contributed by atoms with E-state index in [9.17, 15) is 4.79 Å². The Kier molecular flexibility index (Phi) is 4.81. The lowest BCUT2D eigenvalue weighted by Gasteiger charge is -2.11. The van der Waals surface area contributed by atoms with Gasteiger partial charge in [-0.15, -0.1) is 0 Å². The summed E-state index contributed by atoms with van der Waals surface area (Å²) in [7, 11) is 1.58. The number of fused-ring (bicyclic) bond motifs is 1. The second-order valence-corrected chi connectivity index (χ2v) is 7.21. The van der Waals surface area contributed by atoms with Crippen LogP contribution in [-0.4, -0.2) is 22.4 Å². The first-order valence-corrected chi connectivity index (χ1v) is 9.41. The van der Waals surface area contributed by atoms with E-state index < -0.39 is 0 Å². The molecule has 0 bridgehead atoms. The van der Waals surface area contributed by atoms with Gasteiger partial charge in [0.05, 0.1) is 18.5 Å². The minimum Gasteiger partial charge on any atom is -0.495 e. The molecule has 0 atom stereocenters. The number of halogens is 1. The van der Waals surface area contributed by atoms with Crippen molar-refractivity contribution in [3.05, 3.63) is 82.2 Å². The van der Waals surface area contributed by atoms with Crippen molar-refractivity contribution in [2.45, 2.75) is 0 Å². The van der Waals surface area contributed by atoms with E-state index in [1.807, 2.05) is 65.3 Å². The number of rotatable bonds is 4. The highest BCUT2D eigenvalue weighted by molar-refractivity contribution is 14.1. The molecule has 0 aliphatic carbocycles. The molecule has 27 heavy (non-hydrogen) atoms. The second kappa shape index (κ2) is 7.40. The van der Waals surface area contributed by atoms with Crippen LogP contribution < -0.4 is 10.1 Å². The Morgan fingerprint density at radius 2 is 1.93 bits per heavy atom. The lowest BCUT2D eigenvalue weighted by atomic mass is 10.1. The average Bonchev–Trinajstić information content (AvgIpc) is 3.12. The van der Waals surface area contributed by atoms with Gasteiger partial charge in [-0.1, -0.05) is 6.07 Å². The first-order chi connectivity index (χ1) is 13.1. The van der Waals surface area contributed by atoms with Crippen LogP contribution in [0.25, 0.3) is 16.9 Å². The molecule has 0 spiro atoms. The Labute approximate surface area is 170 Å². The lowest BCUT2D eigenvalue weighted by molar-refractivity contribution is 0.102. The molecule has 2 heterocycles. The maximum atomic E-state index is 12.6. The number of carbonyl (C=O) groups excluding carboxylic acids is 1. The van der Waals surface area contributed by atoms with Crippen LogP contribution in [-0.2, 0) is 0 Å². The van der Waals surface area contributed by atoms with Crippen LogP contribution in [0, 0.1) is 3.57 Å². The SMILES string of the molecule is COc1ccc(-c2cn3ccccc3n2)cc1NC(=O)c1ccc(I)cc1. The minimum atomic E-state index is -0.183. The third-order valence-corrected chi connectivity index (χ3v) is 4.93. The summed E-state index contributed by atoms with van der Waals surface area (Å²) in [4.78, 5) is 17.2. The second-order valence-electron chi connectivity index (χ2n) is 5.97. The molecular weight excluding hydrogens is 453 g/mol. The quantitative estimate of drug-likeness (QED) is 0.434. The summed E-state index contributed by atoms with van der Waals surface area (Å²) in [6.45, 7) is 0.